The molecule has 1 fully saturated rings. The molecule has 0 aromatic heterocycles. The number of ether oxygens (including phenoxy) is 1. The van der Waals surface area contributed by atoms with Gasteiger partial charge in [-0.25, -0.2) is 0 Å². The third-order valence-corrected chi connectivity index (χ3v) is 4.57. The van der Waals surface area contributed by atoms with Crippen LogP contribution in [0.4, 0.5) is 5.69 Å². The van der Waals surface area contributed by atoms with Gasteiger partial charge in [-0.05, 0) is 44.7 Å². The molecule has 1 heterocycles. The molecule has 0 amide bonds. The van der Waals surface area contributed by atoms with Gasteiger partial charge < -0.3 is 15.0 Å². The number of hydrogen-bond acceptors (Lipinski definition) is 3. The van der Waals surface area contributed by atoms with Crippen LogP contribution in [0.15, 0.2) is 18.2 Å². The first-order valence-electron chi connectivity index (χ1n) is 8.24. The number of rotatable bonds is 7. The van der Waals surface area contributed by atoms with Crippen molar-refractivity contribution in [1.29, 1.82) is 0 Å². The molecule has 3 nitrogen and oxygen atoms in total. The Labute approximate surface area is 129 Å². The second-order valence-electron chi connectivity index (χ2n) is 6.20. The molecule has 0 spiro atoms. The van der Waals surface area contributed by atoms with Crippen molar-refractivity contribution >= 4 is 5.69 Å². The summed E-state index contributed by atoms with van der Waals surface area (Å²) < 4.78 is 5.11. The molecule has 0 radical (unpaired) electrons. The van der Waals surface area contributed by atoms with Gasteiger partial charge in [0.1, 0.15) is 0 Å². The van der Waals surface area contributed by atoms with E-state index in [-0.39, 0.29) is 0 Å². The second-order valence-corrected chi connectivity index (χ2v) is 6.20. The molecule has 1 aromatic carbocycles. The summed E-state index contributed by atoms with van der Waals surface area (Å²) in [5, 5.41) is 3.49. The second kappa shape index (κ2) is 7.81. The summed E-state index contributed by atoms with van der Waals surface area (Å²) >= 11 is 0. The molecule has 0 saturated carbocycles. The van der Waals surface area contributed by atoms with E-state index in [9.17, 15) is 0 Å². The van der Waals surface area contributed by atoms with Crippen LogP contribution in [0, 0.1) is 6.92 Å². The summed E-state index contributed by atoms with van der Waals surface area (Å²) in [5.41, 5.74) is 4.17. The van der Waals surface area contributed by atoms with E-state index in [4.69, 9.17) is 4.74 Å². The van der Waals surface area contributed by atoms with E-state index >= 15 is 0 Å². The summed E-state index contributed by atoms with van der Waals surface area (Å²) in [4.78, 5) is 2.65. The molecule has 0 bridgehead atoms. The minimum Gasteiger partial charge on any atom is -0.383 e. The molecule has 2 rings (SSSR count). The van der Waals surface area contributed by atoms with Crippen LogP contribution in [-0.4, -0.2) is 32.3 Å². The third-order valence-electron chi connectivity index (χ3n) is 4.57. The van der Waals surface area contributed by atoms with Crippen molar-refractivity contribution in [1.82, 2.24) is 5.32 Å². The molecular weight excluding hydrogens is 260 g/mol. The maximum absolute atomic E-state index is 5.11. The number of nitrogens with one attached hydrogen (secondary N) is 1. The maximum Gasteiger partial charge on any atom is 0.0587 e. The van der Waals surface area contributed by atoms with Gasteiger partial charge >= 0.3 is 0 Å². The van der Waals surface area contributed by atoms with Gasteiger partial charge in [0.05, 0.1) is 6.61 Å². The van der Waals surface area contributed by atoms with E-state index in [1.54, 1.807) is 7.11 Å². The van der Waals surface area contributed by atoms with E-state index < -0.39 is 0 Å². The number of methoxy groups -OCH3 is 1. The van der Waals surface area contributed by atoms with Gasteiger partial charge in [-0.2, -0.15) is 0 Å². The van der Waals surface area contributed by atoms with Crippen LogP contribution in [0.25, 0.3) is 0 Å². The normalized spacial score (nSPS) is 22.0. The van der Waals surface area contributed by atoms with Crippen molar-refractivity contribution in [3.05, 3.63) is 29.3 Å². The van der Waals surface area contributed by atoms with Gasteiger partial charge in [0, 0.05) is 38.0 Å². The zero-order valence-corrected chi connectivity index (χ0v) is 14.0. The highest BCUT2D eigenvalue weighted by Gasteiger charge is 2.30. The van der Waals surface area contributed by atoms with E-state index in [0.717, 1.165) is 19.7 Å². The smallest absolute Gasteiger partial charge is 0.0587 e. The van der Waals surface area contributed by atoms with E-state index in [0.29, 0.717) is 12.1 Å². The summed E-state index contributed by atoms with van der Waals surface area (Å²) in [6.45, 7) is 9.42. The first kappa shape index (κ1) is 16.3. The molecule has 0 aliphatic carbocycles. The third kappa shape index (κ3) is 3.98. The molecule has 1 aromatic rings. The lowest BCUT2D eigenvalue weighted by Crippen LogP contribution is -2.35. The lowest BCUT2D eigenvalue weighted by atomic mass is 10.1. The molecule has 21 heavy (non-hydrogen) atoms. The van der Waals surface area contributed by atoms with Crippen LogP contribution >= 0.6 is 0 Å². The summed E-state index contributed by atoms with van der Waals surface area (Å²) in [5.74, 6) is 0. The van der Waals surface area contributed by atoms with Crippen LogP contribution in [0.5, 0.6) is 0 Å². The number of nitrogens with zero attached hydrogens (tertiary/aromatic N) is 1. The van der Waals surface area contributed by atoms with Crippen molar-refractivity contribution in [2.75, 3.05) is 25.2 Å². The van der Waals surface area contributed by atoms with Gasteiger partial charge in [-0.1, -0.05) is 24.6 Å². The predicted molar refractivity (Wildman–Crippen MR) is 90.0 cm³/mol. The molecule has 1 aliphatic heterocycles. The zero-order chi connectivity index (χ0) is 15.2. The van der Waals surface area contributed by atoms with Crippen molar-refractivity contribution < 1.29 is 4.74 Å². The first-order valence-corrected chi connectivity index (χ1v) is 8.24. The Morgan fingerprint density at radius 2 is 2.14 bits per heavy atom. The molecule has 118 valence electrons. The Balaban J connectivity index is 2.17. The van der Waals surface area contributed by atoms with Crippen molar-refractivity contribution in [3.8, 4) is 0 Å². The van der Waals surface area contributed by atoms with Crippen LogP contribution in [0.3, 0.4) is 0 Å². The highest BCUT2D eigenvalue weighted by atomic mass is 16.5. The van der Waals surface area contributed by atoms with Gasteiger partial charge in [0.2, 0.25) is 0 Å². The predicted octanol–water partition coefficient (Wildman–Crippen LogP) is 3.50. The van der Waals surface area contributed by atoms with Gasteiger partial charge in [-0.3, -0.25) is 0 Å². The Kier molecular flexibility index (Phi) is 6.07. The van der Waals surface area contributed by atoms with Gasteiger partial charge in [-0.15, -0.1) is 0 Å². The molecule has 1 N–H and O–H groups in total. The highest BCUT2D eigenvalue weighted by Crippen LogP contribution is 2.34. The quantitative estimate of drug-likeness (QED) is 0.778. The summed E-state index contributed by atoms with van der Waals surface area (Å²) in [6, 6.07) is 8.22. The lowest BCUT2D eigenvalue weighted by Gasteiger charge is -2.32. The number of aryl methyl sites for hydroxylation is 1. The molecule has 2 atom stereocenters. The minimum atomic E-state index is 0.649. The maximum atomic E-state index is 5.11. The number of benzene rings is 1. The van der Waals surface area contributed by atoms with Crippen LogP contribution in [0.2, 0.25) is 0 Å². The van der Waals surface area contributed by atoms with Crippen molar-refractivity contribution in [3.63, 3.8) is 0 Å². The van der Waals surface area contributed by atoms with Crippen LogP contribution in [0.1, 0.15) is 44.2 Å². The Bertz CT molecular complexity index is 447. The Hall–Kier alpha value is -1.06. The Morgan fingerprint density at radius 1 is 1.33 bits per heavy atom. The summed E-state index contributed by atoms with van der Waals surface area (Å²) in [7, 11) is 1.75. The van der Waals surface area contributed by atoms with Gasteiger partial charge in [0.25, 0.3) is 0 Å². The summed E-state index contributed by atoms with van der Waals surface area (Å²) in [6.07, 6.45) is 3.86. The lowest BCUT2D eigenvalue weighted by molar-refractivity contribution is 0.199. The first-order chi connectivity index (χ1) is 10.2. The average molecular weight is 290 g/mol. The zero-order valence-electron chi connectivity index (χ0n) is 14.0. The molecule has 3 heteroatoms. The fourth-order valence-corrected chi connectivity index (χ4v) is 3.41. The number of anilines is 1. The van der Waals surface area contributed by atoms with E-state index in [1.807, 2.05) is 0 Å². The van der Waals surface area contributed by atoms with Crippen LogP contribution < -0.4 is 10.2 Å². The average Bonchev–Trinajstić information content (AvgIpc) is 2.85. The monoisotopic (exact) mass is 290 g/mol. The highest BCUT2D eigenvalue weighted by molar-refractivity contribution is 5.57. The van der Waals surface area contributed by atoms with Crippen LogP contribution in [-0.2, 0) is 11.3 Å². The molecule has 1 aliphatic rings. The number of hydrogen-bond donors (Lipinski definition) is 1. The minimum absolute atomic E-state index is 0.649. The van der Waals surface area contributed by atoms with Gasteiger partial charge in [0.15, 0.2) is 0 Å². The standard InChI is InChI=1S/C18H30N2O/c1-5-17-8-7-15(3)20(17)18-9-6-14(2)12-16(18)13-19-10-11-21-4/h6,9,12,15,17,19H,5,7-8,10-11,13H2,1-4H3. The van der Waals surface area contributed by atoms with Crippen molar-refractivity contribution in [2.45, 2.75) is 58.7 Å². The van der Waals surface area contributed by atoms with E-state index in [1.165, 1.54) is 36.1 Å². The molecular formula is C18H30N2O. The largest absolute Gasteiger partial charge is 0.383 e. The van der Waals surface area contributed by atoms with Crippen molar-refractivity contribution in [2.24, 2.45) is 0 Å². The fraction of sp³-hybridized carbons (Fsp3) is 0.667. The topological polar surface area (TPSA) is 24.5 Å². The van der Waals surface area contributed by atoms with E-state index in [2.05, 4.69) is 49.2 Å². The SMILES string of the molecule is CCC1CCC(C)N1c1ccc(C)cc1CNCCOC. The molecule has 2 unspecified atom stereocenters. The Morgan fingerprint density at radius 3 is 2.86 bits per heavy atom. The molecule has 1 saturated heterocycles. The fourth-order valence-electron chi connectivity index (χ4n) is 3.41.